The van der Waals surface area contributed by atoms with Gasteiger partial charge in [0.25, 0.3) is 0 Å². The third kappa shape index (κ3) is 4.52. The van der Waals surface area contributed by atoms with Crippen LogP contribution in [0.25, 0.3) is 17.1 Å². The van der Waals surface area contributed by atoms with Crippen molar-refractivity contribution in [2.45, 2.75) is 18.0 Å². The average Bonchev–Trinajstić information content (AvgIpc) is 3.28. The number of halogens is 1. The standard InChI is InChI=1S/C29H22ClN5OS/c30-23-11-3-6-14-26(23)35-28(22-10-7-17-31-18-22)32-33-29(35)37-19-27(36)34-24-12-4-1-8-20(24)15-16-21-9-2-5-13-25(21)34/h1-14,17-18H,15-16,19H2. The van der Waals surface area contributed by atoms with Crippen LogP contribution in [0.15, 0.2) is 102 Å². The minimum atomic E-state index is -0.0246. The third-order valence-electron chi connectivity index (χ3n) is 6.35. The molecule has 0 spiro atoms. The largest absolute Gasteiger partial charge is 0.280 e. The molecular formula is C29H22ClN5OS. The molecule has 0 aliphatic carbocycles. The molecule has 0 saturated heterocycles. The molecule has 3 heterocycles. The number of aryl methyl sites for hydroxylation is 2. The van der Waals surface area contributed by atoms with Crippen LogP contribution in [0.4, 0.5) is 11.4 Å². The molecule has 0 bridgehead atoms. The summed E-state index contributed by atoms with van der Waals surface area (Å²) in [5.74, 6) is 0.767. The lowest BCUT2D eigenvalue weighted by Crippen LogP contribution is -2.28. The maximum absolute atomic E-state index is 13.9. The van der Waals surface area contributed by atoms with Crippen molar-refractivity contribution in [2.24, 2.45) is 0 Å². The lowest BCUT2D eigenvalue weighted by molar-refractivity contribution is -0.115. The fourth-order valence-corrected chi connectivity index (χ4v) is 5.65. The number of carbonyl (C=O) groups excluding carboxylic acids is 1. The number of aromatic nitrogens is 4. The number of carbonyl (C=O) groups is 1. The average molecular weight is 524 g/mol. The van der Waals surface area contributed by atoms with Crippen LogP contribution in [0.3, 0.4) is 0 Å². The Hall–Kier alpha value is -3.94. The van der Waals surface area contributed by atoms with Gasteiger partial charge in [0.2, 0.25) is 5.91 Å². The molecule has 37 heavy (non-hydrogen) atoms. The molecule has 0 saturated carbocycles. The van der Waals surface area contributed by atoms with E-state index in [0.29, 0.717) is 16.0 Å². The Bertz CT molecular complexity index is 1540. The van der Waals surface area contributed by atoms with Crippen LogP contribution in [-0.4, -0.2) is 31.4 Å². The van der Waals surface area contributed by atoms with Crippen molar-refractivity contribution in [3.63, 3.8) is 0 Å². The molecule has 0 N–H and O–H groups in total. The highest BCUT2D eigenvalue weighted by molar-refractivity contribution is 7.99. The van der Waals surface area contributed by atoms with Crippen LogP contribution in [0.2, 0.25) is 5.02 Å². The summed E-state index contributed by atoms with van der Waals surface area (Å²) in [6, 6.07) is 27.6. The molecular weight excluding hydrogens is 502 g/mol. The Morgan fingerprint density at radius 2 is 1.46 bits per heavy atom. The highest BCUT2D eigenvalue weighted by atomic mass is 35.5. The first-order valence-corrected chi connectivity index (χ1v) is 13.3. The minimum Gasteiger partial charge on any atom is -0.280 e. The lowest BCUT2D eigenvalue weighted by Gasteiger charge is -2.25. The topological polar surface area (TPSA) is 63.9 Å². The van der Waals surface area contributed by atoms with Gasteiger partial charge in [0.15, 0.2) is 11.0 Å². The Balaban J connectivity index is 1.37. The number of anilines is 2. The van der Waals surface area contributed by atoms with Crippen molar-refractivity contribution in [3.05, 3.63) is 113 Å². The van der Waals surface area contributed by atoms with E-state index < -0.39 is 0 Å². The minimum absolute atomic E-state index is 0.0246. The highest BCUT2D eigenvalue weighted by Gasteiger charge is 2.27. The number of pyridine rings is 1. The van der Waals surface area contributed by atoms with E-state index >= 15 is 0 Å². The van der Waals surface area contributed by atoms with E-state index in [1.54, 1.807) is 12.4 Å². The predicted octanol–water partition coefficient (Wildman–Crippen LogP) is 6.54. The van der Waals surface area contributed by atoms with Gasteiger partial charge in [-0.15, -0.1) is 10.2 Å². The molecule has 2 aromatic heterocycles. The van der Waals surface area contributed by atoms with E-state index in [1.165, 1.54) is 11.8 Å². The quantitative estimate of drug-likeness (QED) is 0.245. The van der Waals surface area contributed by atoms with Gasteiger partial charge in [-0.05, 0) is 60.4 Å². The Labute approximate surface area is 224 Å². The first-order chi connectivity index (χ1) is 18.2. The number of hydrogen-bond donors (Lipinski definition) is 0. The van der Waals surface area contributed by atoms with E-state index in [9.17, 15) is 4.79 Å². The molecule has 0 radical (unpaired) electrons. The maximum atomic E-state index is 13.9. The summed E-state index contributed by atoms with van der Waals surface area (Å²) < 4.78 is 1.89. The van der Waals surface area contributed by atoms with E-state index in [0.717, 1.165) is 46.6 Å². The Kier molecular flexibility index (Phi) is 6.47. The number of para-hydroxylation sites is 3. The van der Waals surface area contributed by atoms with Gasteiger partial charge >= 0.3 is 0 Å². The maximum Gasteiger partial charge on any atom is 0.242 e. The summed E-state index contributed by atoms with van der Waals surface area (Å²) in [4.78, 5) is 19.9. The van der Waals surface area contributed by atoms with Crippen molar-refractivity contribution >= 4 is 40.6 Å². The molecule has 1 amide bonds. The second-order valence-electron chi connectivity index (χ2n) is 8.61. The molecule has 5 aromatic rings. The van der Waals surface area contributed by atoms with Gasteiger partial charge in [-0.2, -0.15) is 0 Å². The van der Waals surface area contributed by atoms with Crippen LogP contribution >= 0.6 is 23.4 Å². The molecule has 8 heteroatoms. The molecule has 182 valence electrons. The van der Waals surface area contributed by atoms with Gasteiger partial charge in [0.1, 0.15) is 0 Å². The highest BCUT2D eigenvalue weighted by Crippen LogP contribution is 2.37. The van der Waals surface area contributed by atoms with Gasteiger partial charge in [-0.25, -0.2) is 0 Å². The Morgan fingerprint density at radius 3 is 2.11 bits per heavy atom. The number of rotatable bonds is 5. The van der Waals surface area contributed by atoms with E-state index in [4.69, 9.17) is 11.6 Å². The van der Waals surface area contributed by atoms with Gasteiger partial charge < -0.3 is 0 Å². The predicted molar refractivity (Wildman–Crippen MR) is 148 cm³/mol. The first kappa shape index (κ1) is 23.5. The molecule has 0 atom stereocenters. The summed E-state index contributed by atoms with van der Waals surface area (Å²) in [5, 5.41) is 10.0. The third-order valence-corrected chi connectivity index (χ3v) is 7.58. The van der Waals surface area contributed by atoms with Gasteiger partial charge in [-0.3, -0.25) is 19.2 Å². The summed E-state index contributed by atoms with van der Waals surface area (Å²) in [6.07, 6.45) is 5.23. The van der Waals surface area contributed by atoms with E-state index in [2.05, 4.69) is 27.3 Å². The monoisotopic (exact) mass is 523 g/mol. The fraction of sp³-hybridized carbons (Fsp3) is 0.103. The van der Waals surface area contributed by atoms with Crippen molar-refractivity contribution in [1.82, 2.24) is 19.7 Å². The van der Waals surface area contributed by atoms with Crippen molar-refractivity contribution < 1.29 is 4.79 Å². The summed E-state index contributed by atoms with van der Waals surface area (Å²) >= 11 is 7.93. The van der Waals surface area contributed by atoms with Crippen LogP contribution in [-0.2, 0) is 17.6 Å². The summed E-state index contributed by atoms with van der Waals surface area (Å²) in [7, 11) is 0. The van der Waals surface area contributed by atoms with Gasteiger partial charge in [0.05, 0.1) is 27.8 Å². The zero-order valence-corrected chi connectivity index (χ0v) is 21.4. The zero-order valence-electron chi connectivity index (χ0n) is 19.8. The second-order valence-corrected chi connectivity index (χ2v) is 9.96. The van der Waals surface area contributed by atoms with Crippen molar-refractivity contribution in [3.8, 4) is 17.1 Å². The van der Waals surface area contributed by atoms with Crippen molar-refractivity contribution in [1.29, 1.82) is 0 Å². The molecule has 6 rings (SSSR count). The number of fused-ring (bicyclic) bond motifs is 2. The number of hydrogen-bond acceptors (Lipinski definition) is 5. The number of nitrogens with zero attached hydrogens (tertiary/aromatic N) is 5. The van der Waals surface area contributed by atoms with Gasteiger partial charge in [-0.1, -0.05) is 71.9 Å². The molecule has 0 unspecified atom stereocenters. The number of benzene rings is 3. The SMILES string of the molecule is O=C(CSc1nnc(-c2cccnc2)n1-c1ccccc1Cl)N1c2ccccc2CCc2ccccc21. The van der Waals surface area contributed by atoms with Crippen LogP contribution in [0.1, 0.15) is 11.1 Å². The van der Waals surface area contributed by atoms with E-state index in [1.807, 2.05) is 82.3 Å². The lowest BCUT2D eigenvalue weighted by atomic mass is 10.0. The molecule has 1 aliphatic heterocycles. The van der Waals surface area contributed by atoms with Crippen LogP contribution < -0.4 is 4.90 Å². The van der Waals surface area contributed by atoms with Crippen LogP contribution in [0.5, 0.6) is 0 Å². The summed E-state index contributed by atoms with van der Waals surface area (Å²) in [5.41, 5.74) is 5.74. The molecule has 0 fully saturated rings. The summed E-state index contributed by atoms with van der Waals surface area (Å²) in [6.45, 7) is 0. The van der Waals surface area contributed by atoms with Crippen LogP contribution in [0, 0.1) is 0 Å². The second kappa shape index (κ2) is 10.2. The first-order valence-electron chi connectivity index (χ1n) is 11.9. The normalized spacial score (nSPS) is 12.5. The molecule has 3 aromatic carbocycles. The Morgan fingerprint density at radius 1 is 0.811 bits per heavy atom. The smallest absolute Gasteiger partial charge is 0.242 e. The molecule has 6 nitrogen and oxygen atoms in total. The van der Waals surface area contributed by atoms with E-state index in [-0.39, 0.29) is 11.7 Å². The molecule has 1 aliphatic rings. The fourth-order valence-electron chi connectivity index (χ4n) is 4.64. The number of thioether (sulfide) groups is 1. The zero-order chi connectivity index (χ0) is 25.2. The number of amides is 1. The van der Waals surface area contributed by atoms with Gasteiger partial charge in [0, 0.05) is 18.0 Å². The van der Waals surface area contributed by atoms with Crippen molar-refractivity contribution in [2.75, 3.05) is 10.7 Å².